The lowest BCUT2D eigenvalue weighted by atomic mass is 9.78. The molecule has 1 heterocycles. The molecule has 0 amide bonds. The van der Waals surface area contributed by atoms with Gasteiger partial charge in [-0.3, -0.25) is 4.99 Å². The topological polar surface area (TPSA) is 12.4 Å². The van der Waals surface area contributed by atoms with Crippen molar-refractivity contribution >= 4 is 13.8 Å². The van der Waals surface area contributed by atoms with Gasteiger partial charge in [0.1, 0.15) is 0 Å². The molecule has 0 radical (unpaired) electrons. The van der Waals surface area contributed by atoms with Crippen molar-refractivity contribution < 1.29 is 0 Å². The molecule has 0 aromatic rings. The van der Waals surface area contributed by atoms with E-state index in [0.717, 1.165) is 5.92 Å². The summed E-state index contributed by atoms with van der Waals surface area (Å²) >= 11 is 0. The summed E-state index contributed by atoms with van der Waals surface area (Å²) in [5.41, 5.74) is 1.88. The molecule has 0 bridgehead atoms. The maximum atomic E-state index is 4.94. The summed E-state index contributed by atoms with van der Waals surface area (Å²) < 4.78 is 0. The fourth-order valence-corrected chi connectivity index (χ4v) is 5.65. The summed E-state index contributed by atoms with van der Waals surface area (Å²) in [6.45, 7) is 14.5. The highest BCUT2D eigenvalue weighted by Gasteiger charge is 2.34. The van der Waals surface area contributed by atoms with E-state index in [1.54, 1.807) is 5.20 Å². The Labute approximate surface area is 132 Å². The third kappa shape index (κ3) is 4.67. The highest BCUT2D eigenvalue weighted by atomic mass is 28.3. The van der Waals surface area contributed by atoms with Crippen LogP contribution in [0.3, 0.4) is 0 Å². The van der Waals surface area contributed by atoms with Gasteiger partial charge in [0.25, 0.3) is 0 Å². The standard InChI is InChI=1S/C19H33NSi/c1-19(2,3)13-16-12-17(15-10-8-7-9-11-15)20-14-18(16)21(4,5)6/h7-8,14-16H,9-13H2,1-6H3. The molecule has 118 valence electrons. The Kier molecular flexibility index (Phi) is 4.97. The van der Waals surface area contributed by atoms with E-state index in [1.807, 2.05) is 0 Å². The molecule has 0 aromatic carbocycles. The molecule has 1 aliphatic heterocycles. The van der Waals surface area contributed by atoms with Crippen molar-refractivity contribution in [3.63, 3.8) is 0 Å². The first-order valence-electron chi connectivity index (χ1n) is 8.59. The highest BCUT2D eigenvalue weighted by Crippen LogP contribution is 2.39. The Balaban J connectivity index is 2.22. The molecule has 2 heteroatoms. The molecule has 2 rings (SSSR count). The third-order valence-electron chi connectivity index (χ3n) is 4.73. The Bertz CT molecular complexity index is 457. The second-order valence-electron chi connectivity index (χ2n) is 9.10. The number of allylic oxidation sites excluding steroid dienone is 3. The Hall–Kier alpha value is -0.633. The summed E-state index contributed by atoms with van der Waals surface area (Å²) in [6.07, 6.45) is 13.2. The molecule has 2 aliphatic rings. The average molecular weight is 304 g/mol. The maximum absolute atomic E-state index is 4.94. The van der Waals surface area contributed by atoms with Gasteiger partial charge in [0, 0.05) is 17.8 Å². The van der Waals surface area contributed by atoms with Crippen LogP contribution in [0.5, 0.6) is 0 Å². The molecule has 0 saturated carbocycles. The second kappa shape index (κ2) is 6.24. The molecule has 0 aromatic heterocycles. The van der Waals surface area contributed by atoms with E-state index in [0.29, 0.717) is 11.3 Å². The summed E-state index contributed by atoms with van der Waals surface area (Å²) in [7, 11) is -1.26. The lowest BCUT2D eigenvalue weighted by molar-refractivity contribution is 0.322. The van der Waals surface area contributed by atoms with Crippen molar-refractivity contribution in [2.75, 3.05) is 0 Å². The third-order valence-corrected chi connectivity index (χ3v) is 7.00. The second-order valence-corrected chi connectivity index (χ2v) is 14.2. The largest absolute Gasteiger partial charge is 0.266 e. The van der Waals surface area contributed by atoms with Crippen LogP contribution in [0.4, 0.5) is 0 Å². The molecule has 0 saturated heterocycles. The number of nitrogens with zero attached hydrogens (tertiary/aromatic N) is 1. The van der Waals surface area contributed by atoms with E-state index in [-0.39, 0.29) is 0 Å². The summed E-state index contributed by atoms with van der Waals surface area (Å²) in [5, 5.41) is 1.69. The molecule has 21 heavy (non-hydrogen) atoms. The van der Waals surface area contributed by atoms with E-state index in [9.17, 15) is 0 Å². The summed E-state index contributed by atoms with van der Waals surface area (Å²) in [6, 6.07) is 0. The zero-order valence-corrected chi connectivity index (χ0v) is 15.9. The summed E-state index contributed by atoms with van der Waals surface area (Å²) in [5.74, 6) is 1.44. The van der Waals surface area contributed by atoms with Crippen LogP contribution in [0.1, 0.15) is 52.9 Å². The van der Waals surface area contributed by atoms with E-state index in [2.05, 4.69) is 58.8 Å². The first-order valence-corrected chi connectivity index (χ1v) is 12.1. The number of rotatable bonds is 3. The van der Waals surface area contributed by atoms with Crippen LogP contribution in [0.15, 0.2) is 28.5 Å². The normalized spacial score (nSPS) is 27.3. The van der Waals surface area contributed by atoms with Crippen LogP contribution in [0.25, 0.3) is 0 Å². The van der Waals surface area contributed by atoms with Crippen molar-refractivity contribution in [2.24, 2.45) is 22.2 Å². The minimum absolute atomic E-state index is 0.401. The average Bonchev–Trinajstić information content (AvgIpc) is 2.36. The minimum Gasteiger partial charge on any atom is -0.266 e. The minimum atomic E-state index is -1.26. The van der Waals surface area contributed by atoms with Gasteiger partial charge < -0.3 is 0 Å². The molecule has 0 spiro atoms. The number of hydrogen-bond acceptors (Lipinski definition) is 1. The van der Waals surface area contributed by atoms with Crippen LogP contribution in [-0.2, 0) is 0 Å². The van der Waals surface area contributed by atoms with Gasteiger partial charge in [-0.2, -0.15) is 0 Å². The number of aliphatic imine (C=N–C) groups is 1. The molecular weight excluding hydrogens is 270 g/mol. The van der Waals surface area contributed by atoms with Crippen LogP contribution in [-0.4, -0.2) is 13.8 Å². The van der Waals surface area contributed by atoms with E-state index >= 15 is 0 Å². The van der Waals surface area contributed by atoms with Gasteiger partial charge in [-0.05, 0) is 43.4 Å². The van der Waals surface area contributed by atoms with Crippen LogP contribution >= 0.6 is 0 Å². The van der Waals surface area contributed by atoms with Crippen molar-refractivity contribution in [1.29, 1.82) is 0 Å². The van der Waals surface area contributed by atoms with Gasteiger partial charge in [-0.15, -0.1) is 0 Å². The van der Waals surface area contributed by atoms with Crippen LogP contribution < -0.4 is 0 Å². The molecule has 2 unspecified atom stereocenters. The predicted molar refractivity (Wildman–Crippen MR) is 97.5 cm³/mol. The van der Waals surface area contributed by atoms with Crippen molar-refractivity contribution in [3.8, 4) is 0 Å². The molecule has 1 nitrogen and oxygen atoms in total. The summed E-state index contributed by atoms with van der Waals surface area (Å²) in [4.78, 5) is 4.94. The van der Waals surface area contributed by atoms with Crippen molar-refractivity contribution in [2.45, 2.75) is 72.5 Å². The predicted octanol–water partition coefficient (Wildman–Crippen LogP) is 6.00. The van der Waals surface area contributed by atoms with E-state index in [1.165, 1.54) is 37.8 Å². The zero-order valence-electron chi connectivity index (χ0n) is 14.9. The highest BCUT2D eigenvalue weighted by molar-refractivity contribution is 6.83. The lowest BCUT2D eigenvalue weighted by Gasteiger charge is -2.37. The maximum Gasteiger partial charge on any atom is 0.0748 e. The van der Waals surface area contributed by atoms with Crippen molar-refractivity contribution in [3.05, 3.63) is 23.5 Å². The number of hydrogen-bond donors (Lipinski definition) is 0. The van der Waals surface area contributed by atoms with E-state index < -0.39 is 8.07 Å². The van der Waals surface area contributed by atoms with Gasteiger partial charge in [0.05, 0.1) is 8.07 Å². The SMILES string of the molecule is CC(C)(C)CC1CC(C2CC=CCC2)=NC=C1[Si](C)(C)C. The van der Waals surface area contributed by atoms with Gasteiger partial charge in [0.2, 0.25) is 0 Å². The first kappa shape index (κ1) is 16.7. The monoisotopic (exact) mass is 303 g/mol. The molecule has 0 N–H and O–H groups in total. The molecule has 2 atom stereocenters. The van der Waals surface area contributed by atoms with Gasteiger partial charge in [-0.1, -0.05) is 57.8 Å². The first-order chi connectivity index (χ1) is 9.67. The fraction of sp³-hybridized carbons (Fsp3) is 0.737. The Morgan fingerprint density at radius 3 is 2.43 bits per heavy atom. The zero-order chi connectivity index (χ0) is 15.7. The van der Waals surface area contributed by atoms with Gasteiger partial charge >= 0.3 is 0 Å². The smallest absolute Gasteiger partial charge is 0.0748 e. The van der Waals surface area contributed by atoms with Gasteiger partial charge in [0.15, 0.2) is 0 Å². The van der Waals surface area contributed by atoms with Crippen LogP contribution in [0, 0.1) is 17.3 Å². The van der Waals surface area contributed by atoms with E-state index in [4.69, 9.17) is 4.99 Å². The quantitative estimate of drug-likeness (QED) is 0.448. The molecule has 0 fully saturated rings. The lowest BCUT2D eigenvalue weighted by Crippen LogP contribution is -2.35. The molecule has 1 aliphatic carbocycles. The van der Waals surface area contributed by atoms with Crippen LogP contribution in [0.2, 0.25) is 19.6 Å². The fourth-order valence-electron chi connectivity index (χ4n) is 3.77. The Morgan fingerprint density at radius 1 is 1.19 bits per heavy atom. The molecular formula is C19H33NSi. The van der Waals surface area contributed by atoms with Crippen molar-refractivity contribution in [1.82, 2.24) is 0 Å². The van der Waals surface area contributed by atoms with Gasteiger partial charge in [-0.25, -0.2) is 0 Å². The Morgan fingerprint density at radius 2 is 1.90 bits per heavy atom.